The highest BCUT2D eigenvalue weighted by Gasteiger charge is 2.11. The summed E-state index contributed by atoms with van der Waals surface area (Å²) in [6.07, 6.45) is 14.1. The van der Waals surface area contributed by atoms with Crippen molar-refractivity contribution < 1.29 is 57.0 Å². The normalized spacial score (nSPS) is 11.8. The second-order valence-electron chi connectivity index (χ2n) is 13.3. The Hall–Kier alpha value is -5.43. The maximum absolute atomic E-state index is 11.5. The number of hydrogen-bond acceptors (Lipinski definition) is 12. The van der Waals surface area contributed by atoms with Gasteiger partial charge in [-0.05, 0) is 131 Å². The van der Waals surface area contributed by atoms with Crippen LogP contribution < -0.4 is 14.2 Å². The Labute approximate surface area is 355 Å². The molecule has 3 aromatic rings. The van der Waals surface area contributed by atoms with Crippen molar-refractivity contribution in [2.45, 2.75) is 65.4 Å². The van der Waals surface area contributed by atoms with Crippen molar-refractivity contribution in [1.82, 2.24) is 0 Å². The molecular weight excluding hydrogens is 769 g/mol. The molecule has 60 heavy (non-hydrogen) atoms. The summed E-state index contributed by atoms with van der Waals surface area (Å²) in [6, 6.07) is 22.6. The lowest BCUT2D eigenvalue weighted by molar-refractivity contribution is -0.138. The van der Waals surface area contributed by atoms with Crippen LogP contribution in [0.1, 0.15) is 76.0 Å². The average molecular weight is 831 g/mol. The Balaban J connectivity index is 1.33. The first-order valence-electron chi connectivity index (χ1n) is 20.9. The minimum absolute atomic E-state index is 0.207. The number of hydrogen-bond donors (Lipinski definition) is 0. The van der Waals surface area contributed by atoms with E-state index in [2.05, 4.69) is 0 Å². The summed E-state index contributed by atoms with van der Waals surface area (Å²) < 4.78 is 50.6. The van der Waals surface area contributed by atoms with Gasteiger partial charge in [-0.15, -0.1) is 0 Å². The zero-order valence-electron chi connectivity index (χ0n) is 35.4. The Morgan fingerprint density at radius 3 is 1.05 bits per heavy atom. The number of benzene rings is 3. The van der Waals surface area contributed by atoms with Crippen LogP contribution in [0.4, 0.5) is 0 Å². The van der Waals surface area contributed by atoms with E-state index in [-0.39, 0.29) is 24.0 Å². The Kier molecular flexibility index (Phi) is 25.7. The predicted octanol–water partition coefficient (Wildman–Crippen LogP) is 8.71. The molecule has 0 saturated carbocycles. The van der Waals surface area contributed by atoms with E-state index in [4.69, 9.17) is 42.6 Å². The zero-order chi connectivity index (χ0) is 42.9. The van der Waals surface area contributed by atoms with Crippen molar-refractivity contribution in [3.8, 4) is 17.2 Å². The molecule has 3 aromatic carbocycles. The number of esters is 3. The fraction of sp³-hybridized carbons (Fsp3) is 0.438. The van der Waals surface area contributed by atoms with Crippen molar-refractivity contribution in [3.05, 3.63) is 108 Å². The summed E-state index contributed by atoms with van der Waals surface area (Å²) in [5.41, 5.74) is 2.66. The van der Waals surface area contributed by atoms with Crippen LogP contribution in [0.3, 0.4) is 0 Å². The Morgan fingerprint density at radius 1 is 0.433 bits per heavy atom. The van der Waals surface area contributed by atoms with Crippen molar-refractivity contribution in [3.63, 3.8) is 0 Å². The van der Waals surface area contributed by atoms with Crippen LogP contribution in [0.5, 0.6) is 17.2 Å². The smallest absolute Gasteiger partial charge is 0.330 e. The highest BCUT2D eigenvalue weighted by Crippen LogP contribution is 2.16. The molecule has 0 aliphatic heterocycles. The molecule has 0 aromatic heterocycles. The third-order valence-corrected chi connectivity index (χ3v) is 8.41. The summed E-state index contributed by atoms with van der Waals surface area (Å²) in [5.74, 6) is 1.20. The molecule has 3 rings (SSSR count). The second-order valence-corrected chi connectivity index (χ2v) is 13.3. The molecule has 326 valence electrons. The molecule has 0 bridgehead atoms. The van der Waals surface area contributed by atoms with E-state index in [1.54, 1.807) is 39.0 Å². The Bertz CT molecular complexity index is 1610. The fourth-order valence-electron chi connectivity index (χ4n) is 5.30. The van der Waals surface area contributed by atoms with Gasteiger partial charge < -0.3 is 42.6 Å². The third kappa shape index (κ3) is 23.2. The lowest BCUT2D eigenvalue weighted by atomic mass is 10.2. The highest BCUT2D eigenvalue weighted by atomic mass is 16.6. The number of rotatable bonds is 32. The van der Waals surface area contributed by atoms with E-state index in [1.807, 2.05) is 72.8 Å². The highest BCUT2D eigenvalue weighted by molar-refractivity contribution is 5.88. The molecule has 0 fully saturated rings. The number of unbranched alkanes of at least 4 members (excludes halogenated alkanes) is 3. The van der Waals surface area contributed by atoms with Crippen LogP contribution in [-0.4, -0.2) is 96.7 Å². The molecule has 0 amide bonds. The van der Waals surface area contributed by atoms with Crippen molar-refractivity contribution >= 4 is 36.1 Å². The Morgan fingerprint density at radius 2 is 0.733 bits per heavy atom. The van der Waals surface area contributed by atoms with Gasteiger partial charge in [-0.3, -0.25) is 0 Å². The second kappa shape index (κ2) is 31.5. The van der Waals surface area contributed by atoms with Crippen LogP contribution in [0.2, 0.25) is 0 Å². The first kappa shape index (κ1) is 48.9. The van der Waals surface area contributed by atoms with Gasteiger partial charge in [0.15, 0.2) is 0 Å². The van der Waals surface area contributed by atoms with Crippen LogP contribution in [-0.2, 0) is 42.8 Å². The third-order valence-electron chi connectivity index (χ3n) is 8.41. The molecule has 0 aliphatic carbocycles. The van der Waals surface area contributed by atoms with Gasteiger partial charge in [0, 0.05) is 38.0 Å². The van der Waals surface area contributed by atoms with Crippen molar-refractivity contribution in [2.75, 3.05) is 72.7 Å². The standard InChI is InChI=1S/C48H62O12/c1-4-54-46(49)28-19-39-13-22-42(23-14-39)57-33-9-7-31-52-37-45(60-36-12-11-35-59-44-26-17-41(18-27-44)21-30-48(51)56-6-3)38-53-32-8-10-34-58-43-24-15-40(16-25-43)20-29-47(50)55-5-2/h13-30,45H,4-12,31-38H2,1-3H3. The topological polar surface area (TPSA) is 134 Å². The van der Waals surface area contributed by atoms with Crippen molar-refractivity contribution in [2.24, 2.45) is 0 Å². The minimum Gasteiger partial charge on any atom is -0.494 e. The average Bonchev–Trinajstić information content (AvgIpc) is 3.26. The number of ether oxygens (including phenoxy) is 9. The van der Waals surface area contributed by atoms with E-state index in [0.29, 0.717) is 72.7 Å². The van der Waals surface area contributed by atoms with Crippen LogP contribution in [0.15, 0.2) is 91.0 Å². The molecule has 0 radical (unpaired) electrons. The van der Waals surface area contributed by atoms with Crippen LogP contribution >= 0.6 is 0 Å². The predicted molar refractivity (Wildman–Crippen MR) is 232 cm³/mol. The summed E-state index contributed by atoms with van der Waals surface area (Å²) in [6.45, 7) is 10.6. The van der Waals surface area contributed by atoms with Gasteiger partial charge in [0.2, 0.25) is 0 Å². The molecule has 12 nitrogen and oxygen atoms in total. The van der Waals surface area contributed by atoms with Gasteiger partial charge in [-0.1, -0.05) is 36.4 Å². The molecule has 0 spiro atoms. The minimum atomic E-state index is -0.366. The largest absolute Gasteiger partial charge is 0.494 e. The zero-order valence-corrected chi connectivity index (χ0v) is 35.4. The summed E-state index contributed by atoms with van der Waals surface area (Å²) in [4.78, 5) is 34.6. The van der Waals surface area contributed by atoms with E-state index >= 15 is 0 Å². The quantitative estimate of drug-likeness (QED) is 0.0258. The molecule has 0 aliphatic rings. The SMILES string of the molecule is CCOC(=O)C=Cc1ccc(OCCCCOCC(COCCCCOc2ccc(C=CC(=O)OCC)cc2)OCCCCOc2ccc(C=CC(=O)OCC)cc2)cc1. The van der Waals surface area contributed by atoms with Gasteiger partial charge in [0.1, 0.15) is 23.4 Å². The van der Waals surface area contributed by atoms with E-state index in [9.17, 15) is 14.4 Å². The van der Waals surface area contributed by atoms with Crippen molar-refractivity contribution in [1.29, 1.82) is 0 Å². The molecule has 12 heteroatoms. The summed E-state index contributed by atoms with van der Waals surface area (Å²) in [7, 11) is 0. The maximum atomic E-state index is 11.5. The molecule has 0 unspecified atom stereocenters. The van der Waals surface area contributed by atoms with Gasteiger partial charge in [0.05, 0.1) is 52.9 Å². The lowest BCUT2D eigenvalue weighted by Gasteiger charge is -2.18. The molecule has 0 saturated heterocycles. The molecule has 0 N–H and O–H groups in total. The lowest BCUT2D eigenvalue weighted by Crippen LogP contribution is -2.27. The van der Waals surface area contributed by atoms with Gasteiger partial charge in [-0.25, -0.2) is 14.4 Å². The fourth-order valence-corrected chi connectivity index (χ4v) is 5.30. The molecular formula is C48H62O12. The first-order valence-corrected chi connectivity index (χ1v) is 20.9. The number of carbonyl (C=O) groups is 3. The summed E-state index contributed by atoms with van der Waals surface area (Å²) >= 11 is 0. The van der Waals surface area contributed by atoms with Crippen LogP contribution in [0, 0.1) is 0 Å². The summed E-state index contributed by atoms with van der Waals surface area (Å²) in [5, 5.41) is 0. The van der Waals surface area contributed by atoms with E-state index in [0.717, 1.165) is 72.5 Å². The number of carbonyl (C=O) groups excluding carboxylic acids is 3. The molecule has 0 atom stereocenters. The van der Waals surface area contributed by atoms with Crippen LogP contribution in [0.25, 0.3) is 18.2 Å². The molecule has 0 heterocycles. The first-order chi connectivity index (χ1) is 29.4. The van der Waals surface area contributed by atoms with Gasteiger partial charge >= 0.3 is 17.9 Å². The van der Waals surface area contributed by atoms with E-state index < -0.39 is 0 Å². The van der Waals surface area contributed by atoms with Gasteiger partial charge in [-0.2, -0.15) is 0 Å². The van der Waals surface area contributed by atoms with Gasteiger partial charge in [0.25, 0.3) is 0 Å². The monoisotopic (exact) mass is 830 g/mol. The maximum Gasteiger partial charge on any atom is 0.330 e. The van der Waals surface area contributed by atoms with E-state index in [1.165, 1.54) is 18.2 Å².